The summed E-state index contributed by atoms with van der Waals surface area (Å²) in [4.78, 5) is 0. The van der Waals surface area contributed by atoms with Gasteiger partial charge in [-0.05, 0) is 25.7 Å². The molecule has 0 atom stereocenters. The molecule has 0 aliphatic carbocycles. The summed E-state index contributed by atoms with van der Waals surface area (Å²) < 4.78 is 0. The van der Waals surface area contributed by atoms with Crippen LogP contribution in [0.15, 0.2) is 12.2 Å². The Morgan fingerprint density at radius 2 is 0.400 bits per heavy atom. The SMILES string of the molecule is CCCCCCCCC=CCCCCCCCCCCCCCCCCCCCCCCCCC. The van der Waals surface area contributed by atoms with E-state index in [1.807, 2.05) is 0 Å². The van der Waals surface area contributed by atoms with E-state index in [0.29, 0.717) is 0 Å². The molecule has 0 aliphatic rings. The van der Waals surface area contributed by atoms with Crippen LogP contribution >= 0.6 is 0 Å². The molecule has 0 saturated carbocycles. The first kappa shape index (κ1) is 34.7. The lowest BCUT2D eigenvalue weighted by Crippen LogP contribution is -1.84. The second kappa shape index (κ2) is 33.7. The molecule has 0 aliphatic heterocycles. The van der Waals surface area contributed by atoms with E-state index in [9.17, 15) is 0 Å². The molecule has 0 N–H and O–H groups in total. The van der Waals surface area contributed by atoms with Crippen molar-refractivity contribution in [1.29, 1.82) is 0 Å². The van der Waals surface area contributed by atoms with Gasteiger partial charge in [0.05, 0.1) is 0 Å². The third-order valence-corrected chi connectivity index (χ3v) is 7.87. The molecule has 0 aromatic rings. The van der Waals surface area contributed by atoms with Crippen molar-refractivity contribution in [3.63, 3.8) is 0 Å². The Morgan fingerprint density at radius 1 is 0.229 bits per heavy atom. The lowest BCUT2D eigenvalue weighted by Gasteiger charge is -2.04. The van der Waals surface area contributed by atoms with E-state index in [1.165, 1.54) is 199 Å². The summed E-state index contributed by atoms with van der Waals surface area (Å²) in [6.07, 6.45) is 49.9. The van der Waals surface area contributed by atoms with Crippen molar-refractivity contribution in [2.75, 3.05) is 0 Å². The third kappa shape index (κ3) is 33.7. The fourth-order valence-corrected chi connectivity index (χ4v) is 5.33. The number of unbranched alkanes of at least 4 members (excludes halogenated alkanes) is 29. The first-order valence-electron chi connectivity index (χ1n) is 17.1. The minimum atomic E-state index is 1.31. The zero-order valence-electron chi connectivity index (χ0n) is 25.1. The fraction of sp³-hybridized carbons (Fsp3) is 0.943. The minimum absolute atomic E-state index is 1.31. The number of hydrogen-bond donors (Lipinski definition) is 0. The van der Waals surface area contributed by atoms with Gasteiger partial charge in [-0.15, -0.1) is 0 Å². The van der Waals surface area contributed by atoms with Gasteiger partial charge in [-0.2, -0.15) is 0 Å². The van der Waals surface area contributed by atoms with Crippen molar-refractivity contribution < 1.29 is 0 Å². The number of allylic oxidation sites excluding steroid dienone is 2. The molecular formula is C35H70. The highest BCUT2D eigenvalue weighted by Gasteiger charge is 1.96. The summed E-state index contributed by atoms with van der Waals surface area (Å²) in [6.45, 7) is 4.60. The van der Waals surface area contributed by atoms with E-state index >= 15 is 0 Å². The lowest BCUT2D eigenvalue weighted by molar-refractivity contribution is 0.518. The fourth-order valence-electron chi connectivity index (χ4n) is 5.33. The van der Waals surface area contributed by atoms with Gasteiger partial charge in [-0.3, -0.25) is 0 Å². The molecule has 0 saturated heterocycles. The largest absolute Gasteiger partial charge is 0.0885 e. The summed E-state index contributed by atoms with van der Waals surface area (Å²) in [5.41, 5.74) is 0. The Morgan fingerprint density at radius 3 is 0.600 bits per heavy atom. The predicted octanol–water partition coefficient (Wildman–Crippen LogP) is 13.7. The quantitative estimate of drug-likeness (QED) is 0.0669. The normalized spacial score (nSPS) is 11.7. The highest BCUT2D eigenvalue weighted by atomic mass is 14.0. The first-order valence-corrected chi connectivity index (χ1v) is 17.1. The van der Waals surface area contributed by atoms with Crippen LogP contribution in [0.25, 0.3) is 0 Å². The van der Waals surface area contributed by atoms with Crippen molar-refractivity contribution in [3.8, 4) is 0 Å². The van der Waals surface area contributed by atoms with Crippen LogP contribution in [0.1, 0.15) is 213 Å². The summed E-state index contributed by atoms with van der Waals surface area (Å²) >= 11 is 0. The molecule has 0 heterocycles. The van der Waals surface area contributed by atoms with E-state index in [-0.39, 0.29) is 0 Å². The van der Waals surface area contributed by atoms with E-state index in [4.69, 9.17) is 0 Å². The summed E-state index contributed by atoms with van der Waals surface area (Å²) in [6, 6.07) is 0. The number of rotatable bonds is 31. The van der Waals surface area contributed by atoms with Gasteiger partial charge >= 0.3 is 0 Å². The average Bonchev–Trinajstić information content (AvgIpc) is 2.87. The van der Waals surface area contributed by atoms with E-state index in [1.54, 1.807) is 0 Å². The molecule has 0 spiro atoms. The van der Waals surface area contributed by atoms with Crippen molar-refractivity contribution >= 4 is 0 Å². The van der Waals surface area contributed by atoms with Crippen LogP contribution in [-0.2, 0) is 0 Å². The van der Waals surface area contributed by atoms with Crippen LogP contribution in [0.5, 0.6) is 0 Å². The Labute approximate surface area is 224 Å². The molecule has 0 fully saturated rings. The average molecular weight is 491 g/mol. The van der Waals surface area contributed by atoms with Gasteiger partial charge in [0.15, 0.2) is 0 Å². The monoisotopic (exact) mass is 491 g/mol. The van der Waals surface area contributed by atoms with Gasteiger partial charge < -0.3 is 0 Å². The van der Waals surface area contributed by atoms with E-state index < -0.39 is 0 Å². The highest BCUT2D eigenvalue weighted by Crippen LogP contribution is 2.16. The highest BCUT2D eigenvalue weighted by molar-refractivity contribution is 4.81. The zero-order chi connectivity index (χ0) is 25.3. The van der Waals surface area contributed by atoms with Crippen molar-refractivity contribution in [2.24, 2.45) is 0 Å². The molecular weight excluding hydrogens is 420 g/mol. The van der Waals surface area contributed by atoms with Crippen LogP contribution in [0.3, 0.4) is 0 Å². The van der Waals surface area contributed by atoms with Gasteiger partial charge in [0.1, 0.15) is 0 Å². The topological polar surface area (TPSA) is 0 Å². The van der Waals surface area contributed by atoms with Gasteiger partial charge in [-0.1, -0.05) is 199 Å². The standard InChI is InChI=1S/C35H70/c1-3-5-7-9-11-13-15-17-19-21-23-25-27-29-31-33-35-34-32-30-28-26-24-22-20-18-16-14-12-10-8-6-4-2/h17,19H,3-16,18,20-35H2,1-2H3. The maximum Gasteiger partial charge on any atom is -0.0351 e. The molecule has 0 unspecified atom stereocenters. The van der Waals surface area contributed by atoms with Crippen molar-refractivity contribution in [1.82, 2.24) is 0 Å². The van der Waals surface area contributed by atoms with Crippen molar-refractivity contribution in [2.45, 2.75) is 213 Å². The maximum absolute atomic E-state index is 2.45. The summed E-state index contributed by atoms with van der Waals surface area (Å²) in [7, 11) is 0. The van der Waals surface area contributed by atoms with Crippen LogP contribution < -0.4 is 0 Å². The Balaban J connectivity index is 3.05. The summed E-state index contributed by atoms with van der Waals surface area (Å²) in [5, 5.41) is 0. The van der Waals surface area contributed by atoms with Crippen LogP contribution in [0, 0.1) is 0 Å². The Hall–Kier alpha value is -0.260. The Bertz CT molecular complexity index is 368. The molecule has 35 heavy (non-hydrogen) atoms. The van der Waals surface area contributed by atoms with E-state index in [0.717, 1.165) is 0 Å². The van der Waals surface area contributed by atoms with Gasteiger partial charge in [0.2, 0.25) is 0 Å². The Kier molecular flexibility index (Phi) is 33.5. The first-order chi connectivity index (χ1) is 17.4. The predicted molar refractivity (Wildman–Crippen MR) is 164 cm³/mol. The molecule has 210 valence electrons. The molecule has 0 amide bonds. The molecule has 0 radical (unpaired) electrons. The van der Waals surface area contributed by atoms with Crippen LogP contribution in [-0.4, -0.2) is 0 Å². The molecule has 0 aromatic heterocycles. The minimum Gasteiger partial charge on any atom is -0.0885 e. The molecule has 0 heteroatoms. The van der Waals surface area contributed by atoms with Gasteiger partial charge in [-0.25, -0.2) is 0 Å². The lowest BCUT2D eigenvalue weighted by atomic mass is 10.0. The van der Waals surface area contributed by atoms with Crippen LogP contribution in [0.4, 0.5) is 0 Å². The second-order valence-electron chi connectivity index (χ2n) is 11.6. The second-order valence-corrected chi connectivity index (χ2v) is 11.6. The summed E-state index contributed by atoms with van der Waals surface area (Å²) in [5.74, 6) is 0. The van der Waals surface area contributed by atoms with Gasteiger partial charge in [0, 0.05) is 0 Å². The smallest absolute Gasteiger partial charge is 0.0351 e. The maximum atomic E-state index is 2.45. The molecule has 0 bridgehead atoms. The molecule has 0 aromatic carbocycles. The molecule has 0 rings (SSSR count). The molecule has 0 nitrogen and oxygen atoms in total. The van der Waals surface area contributed by atoms with Crippen molar-refractivity contribution in [3.05, 3.63) is 12.2 Å². The van der Waals surface area contributed by atoms with Gasteiger partial charge in [0.25, 0.3) is 0 Å². The number of hydrogen-bond acceptors (Lipinski definition) is 0. The van der Waals surface area contributed by atoms with Crippen LogP contribution in [0.2, 0.25) is 0 Å². The third-order valence-electron chi connectivity index (χ3n) is 7.87. The zero-order valence-corrected chi connectivity index (χ0v) is 25.1. The van der Waals surface area contributed by atoms with E-state index in [2.05, 4.69) is 26.0 Å².